The summed E-state index contributed by atoms with van der Waals surface area (Å²) in [6.45, 7) is 11.9. The molecule has 208 valence electrons. The maximum Gasteiger partial charge on any atom is 0.243 e. The van der Waals surface area contributed by atoms with Crippen LogP contribution in [0.5, 0.6) is 5.75 Å². The van der Waals surface area contributed by atoms with Crippen molar-refractivity contribution in [1.29, 1.82) is 0 Å². The van der Waals surface area contributed by atoms with Crippen molar-refractivity contribution >= 4 is 11.8 Å². The summed E-state index contributed by atoms with van der Waals surface area (Å²) in [4.78, 5) is 28.7. The summed E-state index contributed by atoms with van der Waals surface area (Å²) < 4.78 is 5.90. The van der Waals surface area contributed by atoms with E-state index in [1.807, 2.05) is 68.4 Å². The molecule has 3 unspecified atom stereocenters. The number of benzene rings is 2. The Balaban J connectivity index is 1.64. The minimum Gasteiger partial charge on any atom is -0.489 e. The first kappa shape index (κ1) is 29.7. The number of nitrogens with zero attached hydrogens (tertiary/aromatic N) is 1. The minimum absolute atomic E-state index is 0.0764. The van der Waals surface area contributed by atoms with Gasteiger partial charge in [-0.1, -0.05) is 70.2 Å². The van der Waals surface area contributed by atoms with Crippen molar-refractivity contribution in [3.05, 3.63) is 65.7 Å². The van der Waals surface area contributed by atoms with E-state index in [2.05, 4.69) is 29.4 Å². The van der Waals surface area contributed by atoms with Gasteiger partial charge in [-0.05, 0) is 60.9 Å². The van der Waals surface area contributed by atoms with Gasteiger partial charge in [0.05, 0.1) is 6.04 Å². The van der Waals surface area contributed by atoms with E-state index in [4.69, 9.17) is 10.5 Å². The number of amides is 2. The van der Waals surface area contributed by atoms with E-state index >= 15 is 0 Å². The first-order valence-corrected chi connectivity index (χ1v) is 14.0. The van der Waals surface area contributed by atoms with Gasteiger partial charge in [0.15, 0.2) is 0 Å². The molecule has 38 heavy (non-hydrogen) atoms. The van der Waals surface area contributed by atoms with Crippen LogP contribution in [0.4, 0.5) is 0 Å². The van der Waals surface area contributed by atoms with Crippen molar-refractivity contribution in [2.75, 3.05) is 19.6 Å². The number of hydrogen-bond acceptors (Lipinski definition) is 5. The highest BCUT2D eigenvalue weighted by molar-refractivity contribution is 5.90. The van der Waals surface area contributed by atoms with Gasteiger partial charge in [0.25, 0.3) is 0 Å². The predicted octanol–water partition coefficient (Wildman–Crippen LogP) is 3.90. The zero-order chi connectivity index (χ0) is 27.5. The fraction of sp³-hybridized carbons (Fsp3) is 0.548. The molecule has 2 aromatic carbocycles. The first-order valence-electron chi connectivity index (χ1n) is 14.0. The molecule has 3 atom stereocenters. The number of nitrogens with two attached hydrogens (primary N) is 1. The molecule has 1 heterocycles. The second kappa shape index (κ2) is 14.9. The van der Waals surface area contributed by atoms with Crippen LogP contribution in [0.1, 0.15) is 58.1 Å². The maximum absolute atomic E-state index is 13.4. The molecule has 1 saturated heterocycles. The topological polar surface area (TPSA) is 96.7 Å². The Morgan fingerprint density at radius 2 is 1.68 bits per heavy atom. The number of nitrogens with one attached hydrogen (secondary N) is 2. The van der Waals surface area contributed by atoms with Crippen molar-refractivity contribution in [2.45, 2.75) is 78.1 Å². The highest BCUT2D eigenvalue weighted by Gasteiger charge is 2.28. The molecular weight excluding hydrogens is 476 g/mol. The third kappa shape index (κ3) is 10.1. The van der Waals surface area contributed by atoms with E-state index in [0.717, 1.165) is 49.4 Å². The Kier molecular flexibility index (Phi) is 11.6. The second-order valence-corrected chi connectivity index (χ2v) is 11.4. The lowest BCUT2D eigenvalue weighted by atomic mass is 10.0. The van der Waals surface area contributed by atoms with Crippen LogP contribution in [0.15, 0.2) is 54.6 Å². The van der Waals surface area contributed by atoms with Gasteiger partial charge in [-0.15, -0.1) is 0 Å². The molecule has 0 aliphatic carbocycles. The number of carbonyl (C=O) groups is 2. The van der Waals surface area contributed by atoms with Crippen LogP contribution in [-0.2, 0) is 22.6 Å². The van der Waals surface area contributed by atoms with Crippen molar-refractivity contribution in [1.82, 2.24) is 15.5 Å². The highest BCUT2D eigenvalue weighted by Crippen LogP contribution is 2.17. The highest BCUT2D eigenvalue weighted by atomic mass is 16.5. The minimum atomic E-state index is -0.697. The van der Waals surface area contributed by atoms with E-state index in [0.29, 0.717) is 31.3 Å². The maximum atomic E-state index is 13.4. The smallest absolute Gasteiger partial charge is 0.243 e. The summed E-state index contributed by atoms with van der Waals surface area (Å²) in [6, 6.07) is 16.5. The third-order valence-corrected chi connectivity index (χ3v) is 6.78. The zero-order valence-corrected chi connectivity index (χ0v) is 23.5. The van der Waals surface area contributed by atoms with Crippen LogP contribution < -0.4 is 21.1 Å². The summed E-state index contributed by atoms with van der Waals surface area (Å²) >= 11 is 0. The van der Waals surface area contributed by atoms with Gasteiger partial charge in [0.2, 0.25) is 11.8 Å². The number of hydrogen-bond donors (Lipinski definition) is 3. The summed E-state index contributed by atoms with van der Waals surface area (Å²) in [5.41, 5.74) is 8.19. The Morgan fingerprint density at radius 3 is 2.34 bits per heavy atom. The number of ether oxygens (including phenoxy) is 1. The van der Waals surface area contributed by atoms with E-state index in [-0.39, 0.29) is 17.9 Å². The molecular formula is C31H46N4O3. The van der Waals surface area contributed by atoms with Gasteiger partial charge in [-0.25, -0.2) is 0 Å². The van der Waals surface area contributed by atoms with Gasteiger partial charge in [-0.2, -0.15) is 0 Å². The van der Waals surface area contributed by atoms with Crippen LogP contribution in [0, 0.1) is 11.8 Å². The van der Waals surface area contributed by atoms with Crippen LogP contribution in [0.3, 0.4) is 0 Å². The van der Waals surface area contributed by atoms with E-state index in [9.17, 15) is 9.59 Å². The Morgan fingerprint density at radius 1 is 0.974 bits per heavy atom. The Bertz CT molecular complexity index is 994. The normalized spacial score (nSPS) is 17.7. The standard InChI is InChI=1S/C31H46N4O3/c1-22(2)17-28(32)30(36)34-29(31(37)33-26-11-8-16-35(20-26)19-23(3)4)18-24-12-14-27(15-13-24)38-21-25-9-6-5-7-10-25/h5-7,9-10,12-15,22-23,26,28-29H,8,11,16-21,32H2,1-4H3,(H,33,37)(H,34,36). The van der Waals surface area contributed by atoms with Gasteiger partial charge < -0.3 is 26.0 Å². The SMILES string of the molecule is CC(C)CC(N)C(=O)NC(Cc1ccc(OCc2ccccc2)cc1)C(=O)NC1CCCN(CC(C)C)C1. The quantitative estimate of drug-likeness (QED) is 0.371. The molecule has 1 aliphatic rings. The van der Waals surface area contributed by atoms with Crippen LogP contribution in [-0.4, -0.2) is 54.5 Å². The monoisotopic (exact) mass is 522 g/mol. The van der Waals surface area contributed by atoms with Crippen LogP contribution in [0.2, 0.25) is 0 Å². The van der Waals surface area contributed by atoms with Gasteiger partial charge in [0, 0.05) is 25.6 Å². The molecule has 1 fully saturated rings. The Labute approximate surface area is 228 Å². The lowest BCUT2D eigenvalue weighted by Gasteiger charge is -2.35. The van der Waals surface area contributed by atoms with E-state index in [1.165, 1.54) is 0 Å². The van der Waals surface area contributed by atoms with Crippen molar-refractivity contribution in [2.24, 2.45) is 17.6 Å². The molecule has 4 N–H and O–H groups in total. The lowest BCUT2D eigenvalue weighted by molar-refractivity contribution is -0.130. The molecule has 0 aromatic heterocycles. The number of likely N-dealkylation sites (tertiary alicyclic amines) is 1. The lowest BCUT2D eigenvalue weighted by Crippen LogP contribution is -2.56. The largest absolute Gasteiger partial charge is 0.489 e. The second-order valence-electron chi connectivity index (χ2n) is 11.4. The van der Waals surface area contributed by atoms with Crippen molar-refractivity contribution in [3.63, 3.8) is 0 Å². The summed E-state index contributed by atoms with van der Waals surface area (Å²) in [6.07, 6.45) is 2.95. The fourth-order valence-corrected chi connectivity index (χ4v) is 4.96. The average molecular weight is 523 g/mol. The molecule has 0 spiro atoms. The average Bonchev–Trinajstić information content (AvgIpc) is 2.88. The molecule has 0 radical (unpaired) electrons. The summed E-state index contributed by atoms with van der Waals surface area (Å²) in [7, 11) is 0. The molecule has 0 saturated carbocycles. The Hall–Kier alpha value is -2.90. The van der Waals surface area contributed by atoms with Gasteiger partial charge in [-0.3, -0.25) is 9.59 Å². The summed E-state index contributed by atoms with van der Waals surface area (Å²) in [5, 5.41) is 6.16. The number of piperidine rings is 1. The van der Waals surface area contributed by atoms with Crippen molar-refractivity contribution < 1.29 is 14.3 Å². The predicted molar refractivity (Wildman–Crippen MR) is 153 cm³/mol. The molecule has 0 bridgehead atoms. The zero-order valence-electron chi connectivity index (χ0n) is 23.5. The van der Waals surface area contributed by atoms with E-state index in [1.54, 1.807) is 0 Å². The van der Waals surface area contributed by atoms with Crippen molar-refractivity contribution in [3.8, 4) is 5.75 Å². The third-order valence-electron chi connectivity index (χ3n) is 6.78. The first-order chi connectivity index (χ1) is 18.2. The fourth-order valence-electron chi connectivity index (χ4n) is 4.96. The van der Waals surface area contributed by atoms with Crippen LogP contribution in [0.25, 0.3) is 0 Å². The number of carbonyl (C=O) groups excluding carboxylic acids is 2. The molecule has 1 aliphatic heterocycles. The summed E-state index contributed by atoms with van der Waals surface area (Å²) in [5.74, 6) is 1.19. The van der Waals surface area contributed by atoms with E-state index < -0.39 is 12.1 Å². The number of rotatable bonds is 13. The van der Waals surface area contributed by atoms with Gasteiger partial charge in [0.1, 0.15) is 18.4 Å². The van der Waals surface area contributed by atoms with Crippen LogP contribution >= 0.6 is 0 Å². The van der Waals surface area contributed by atoms with Gasteiger partial charge >= 0.3 is 0 Å². The molecule has 7 heteroatoms. The molecule has 2 amide bonds. The molecule has 2 aromatic rings. The molecule has 7 nitrogen and oxygen atoms in total. The molecule has 3 rings (SSSR count).